The van der Waals surface area contributed by atoms with Crippen molar-refractivity contribution < 1.29 is 9.59 Å². The highest BCUT2D eigenvalue weighted by Crippen LogP contribution is 2.27. The predicted octanol–water partition coefficient (Wildman–Crippen LogP) is 3.96. The van der Waals surface area contributed by atoms with Gasteiger partial charge in [-0.1, -0.05) is 61.2 Å². The van der Waals surface area contributed by atoms with E-state index in [9.17, 15) is 9.59 Å². The lowest BCUT2D eigenvalue weighted by molar-refractivity contribution is -0.113. The molecule has 35 heavy (non-hydrogen) atoms. The number of nitrogens with zero attached hydrogens (tertiary/aromatic N) is 4. The Kier molecular flexibility index (Phi) is 8.20. The average Bonchev–Trinajstić information content (AvgIpc) is 3.59. The van der Waals surface area contributed by atoms with Crippen LogP contribution >= 0.6 is 11.8 Å². The first-order valence-electron chi connectivity index (χ1n) is 11.9. The first-order chi connectivity index (χ1) is 17.0. The Hall–Kier alpha value is -3.17. The highest BCUT2D eigenvalue weighted by molar-refractivity contribution is 7.99. The third-order valence-corrected chi connectivity index (χ3v) is 6.89. The molecule has 0 radical (unpaired) electrons. The molecule has 9 heteroatoms. The van der Waals surface area contributed by atoms with Crippen LogP contribution in [0.1, 0.15) is 54.0 Å². The van der Waals surface area contributed by atoms with E-state index in [4.69, 9.17) is 0 Å². The van der Waals surface area contributed by atoms with Crippen molar-refractivity contribution >= 4 is 29.3 Å². The fourth-order valence-corrected chi connectivity index (χ4v) is 4.69. The molecule has 2 aromatic carbocycles. The first-order valence-corrected chi connectivity index (χ1v) is 12.9. The first kappa shape index (κ1) is 24.9. The standard InChI is InChI=1S/C26H32N6O2S/c1-4-22(31(2)3)24-29-30-26(32(24)16-18-10-6-5-7-11-18)35-17-23(33)28-21-13-9-8-12-20(21)25(34)27-19-14-15-19/h5-13,19,22H,4,14-17H2,1-3H3,(H,27,34)(H,28,33). The molecule has 3 aromatic rings. The van der Waals surface area contributed by atoms with E-state index < -0.39 is 0 Å². The summed E-state index contributed by atoms with van der Waals surface area (Å²) in [5.74, 6) is 0.686. The highest BCUT2D eigenvalue weighted by atomic mass is 32.2. The van der Waals surface area contributed by atoms with E-state index in [-0.39, 0.29) is 29.7 Å². The summed E-state index contributed by atoms with van der Waals surface area (Å²) in [7, 11) is 4.07. The van der Waals surface area contributed by atoms with Crippen molar-refractivity contribution in [1.29, 1.82) is 0 Å². The van der Waals surface area contributed by atoms with E-state index >= 15 is 0 Å². The summed E-state index contributed by atoms with van der Waals surface area (Å²) in [5, 5.41) is 15.5. The van der Waals surface area contributed by atoms with Crippen molar-refractivity contribution in [2.75, 3.05) is 25.2 Å². The van der Waals surface area contributed by atoms with Crippen molar-refractivity contribution in [3.05, 3.63) is 71.5 Å². The SMILES string of the molecule is CCC(c1nnc(SCC(=O)Nc2ccccc2C(=O)NC2CC2)n1Cc1ccccc1)N(C)C. The van der Waals surface area contributed by atoms with Gasteiger partial charge in [0.25, 0.3) is 5.91 Å². The molecule has 184 valence electrons. The van der Waals surface area contributed by atoms with Gasteiger partial charge < -0.3 is 15.2 Å². The summed E-state index contributed by atoms with van der Waals surface area (Å²) in [6.07, 6.45) is 2.91. The van der Waals surface area contributed by atoms with Crippen molar-refractivity contribution in [2.45, 2.75) is 50.0 Å². The minimum Gasteiger partial charge on any atom is -0.349 e. The Morgan fingerprint density at radius 1 is 1.09 bits per heavy atom. The molecule has 0 aliphatic heterocycles. The molecule has 1 aromatic heterocycles. The van der Waals surface area contributed by atoms with Gasteiger partial charge in [-0.2, -0.15) is 0 Å². The molecule has 4 rings (SSSR count). The zero-order valence-electron chi connectivity index (χ0n) is 20.4. The highest BCUT2D eigenvalue weighted by Gasteiger charge is 2.25. The number of rotatable bonds is 11. The summed E-state index contributed by atoms with van der Waals surface area (Å²) >= 11 is 1.35. The third-order valence-electron chi connectivity index (χ3n) is 5.93. The van der Waals surface area contributed by atoms with E-state index in [0.29, 0.717) is 23.0 Å². The average molecular weight is 493 g/mol. The van der Waals surface area contributed by atoms with Crippen molar-refractivity contribution in [2.24, 2.45) is 0 Å². The van der Waals surface area contributed by atoms with Gasteiger partial charge >= 0.3 is 0 Å². The number of hydrogen-bond acceptors (Lipinski definition) is 6. The second kappa shape index (κ2) is 11.5. The molecule has 1 atom stereocenters. The lowest BCUT2D eigenvalue weighted by atomic mass is 10.1. The number of hydrogen-bond donors (Lipinski definition) is 2. The maximum absolute atomic E-state index is 12.8. The lowest BCUT2D eigenvalue weighted by Gasteiger charge is -2.23. The van der Waals surface area contributed by atoms with Gasteiger partial charge in [0.2, 0.25) is 5.91 Å². The minimum atomic E-state index is -0.197. The van der Waals surface area contributed by atoms with Crippen LogP contribution in [0.15, 0.2) is 59.8 Å². The van der Waals surface area contributed by atoms with Crippen LogP contribution < -0.4 is 10.6 Å². The van der Waals surface area contributed by atoms with Gasteiger partial charge in [0.1, 0.15) is 0 Å². The summed E-state index contributed by atoms with van der Waals surface area (Å²) in [5.41, 5.74) is 2.13. The Morgan fingerprint density at radius 2 is 1.80 bits per heavy atom. The van der Waals surface area contributed by atoms with Crippen LogP contribution in [-0.2, 0) is 11.3 Å². The number of aromatic nitrogens is 3. The Balaban J connectivity index is 1.48. The van der Waals surface area contributed by atoms with Crippen molar-refractivity contribution in [1.82, 2.24) is 25.0 Å². The van der Waals surface area contributed by atoms with E-state index in [1.165, 1.54) is 11.8 Å². The lowest BCUT2D eigenvalue weighted by Crippen LogP contribution is -2.27. The minimum absolute atomic E-state index is 0.117. The molecule has 0 saturated heterocycles. The predicted molar refractivity (Wildman–Crippen MR) is 139 cm³/mol. The van der Waals surface area contributed by atoms with Crippen LogP contribution in [0, 0.1) is 0 Å². The monoisotopic (exact) mass is 492 g/mol. The fraction of sp³-hybridized carbons (Fsp3) is 0.385. The van der Waals surface area contributed by atoms with Gasteiger partial charge in [0.05, 0.1) is 29.6 Å². The van der Waals surface area contributed by atoms with Crippen LogP contribution in [0.3, 0.4) is 0 Å². The van der Waals surface area contributed by atoms with Crippen LogP contribution in [0.5, 0.6) is 0 Å². The number of carbonyl (C=O) groups excluding carboxylic acids is 2. The number of thioether (sulfide) groups is 1. The maximum atomic E-state index is 12.8. The molecule has 0 spiro atoms. The fourth-order valence-electron chi connectivity index (χ4n) is 3.94. The van der Waals surface area contributed by atoms with E-state index in [2.05, 4.69) is 49.4 Å². The van der Waals surface area contributed by atoms with Crippen LogP contribution in [0.25, 0.3) is 0 Å². The van der Waals surface area contributed by atoms with Gasteiger partial charge in [-0.25, -0.2) is 0 Å². The molecule has 1 aliphatic carbocycles. The molecule has 8 nitrogen and oxygen atoms in total. The Labute approximate surface area is 210 Å². The molecular formula is C26H32N6O2S. The van der Waals surface area contributed by atoms with Crippen LogP contribution in [-0.4, -0.2) is 57.4 Å². The molecule has 1 saturated carbocycles. The number of benzene rings is 2. The maximum Gasteiger partial charge on any atom is 0.253 e. The van der Waals surface area contributed by atoms with Gasteiger partial charge in [0, 0.05) is 6.04 Å². The Bertz CT molecular complexity index is 1160. The summed E-state index contributed by atoms with van der Waals surface area (Å²) in [6, 6.07) is 17.6. The number of para-hydroxylation sites is 1. The molecule has 0 bridgehead atoms. The molecule has 1 heterocycles. The second-order valence-electron chi connectivity index (χ2n) is 8.93. The van der Waals surface area contributed by atoms with Crippen LogP contribution in [0.4, 0.5) is 5.69 Å². The molecule has 2 N–H and O–H groups in total. The van der Waals surface area contributed by atoms with E-state index in [0.717, 1.165) is 30.7 Å². The van der Waals surface area contributed by atoms with Gasteiger partial charge in [-0.05, 0) is 51.1 Å². The van der Waals surface area contributed by atoms with E-state index in [1.54, 1.807) is 18.2 Å². The molecular weight excluding hydrogens is 460 g/mol. The van der Waals surface area contributed by atoms with Crippen molar-refractivity contribution in [3.8, 4) is 0 Å². The topological polar surface area (TPSA) is 92.1 Å². The normalized spacial score (nSPS) is 14.1. The van der Waals surface area contributed by atoms with Gasteiger partial charge in [-0.15, -0.1) is 10.2 Å². The number of nitrogens with one attached hydrogen (secondary N) is 2. The zero-order chi connectivity index (χ0) is 24.8. The molecule has 1 aliphatic rings. The summed E-state index contributed by atoms with van der Waals surface area (Å²) < 4.78 is 2.10. The number of anilines is 1. The molecule has 2 amide bonds. The largest absolute Gasteiger partial charge is 0.349 e. The van der Waals surface area contributed by atoms with E-state index in [1.807, 2.05) is 38.4 Å². The molecule has 1 fully saturated rings. The van der Waals surface area contributed by atoms with Gasteiger partial charge in [0.15, 0.2) is 11.0 Å². The summed E-state index contributed by atoms with van der Waals surface area (Å²) in [6.45, 7) is 2.75. The Morgan fingerprint density at radius 3 is 2.49 bits per heavy atom. The zero-order valence-corrected chi connectivity index (χ0v) is 21.2. The quantitative estimate of drug-likeness (QED) is 0.394. The third kappa shape index (κ3) is 6.49. The molecule has 1 unspecified atom stereocenters. The number of amides is 2. The second-order valence-corrected chi connectivity index (χ2v) is 9.87. The van der Waals surface area contributed by atoms with Gasteiger partial charge in [-0.3, -0.25) is 14.5 Å². The smallest absolute Gasteiger partial charge is 0.253 e. The summed E-state index contributed by atoms with van der Waals surface area (Å²) in [4.78, 5) is 27.5. The number of carbonyl (C=O) groups is 2. The van der Waals surface area contributed by atoms with Crippen LogP contribution in [0.2, 0.25) is 0 Å². The van der Waals surface area contributed by atoms with Crippen molar-refractivity contribution in [3.63, 3.8) is 0 Å².